The number of carbonyl (C=O) groups excluding carboxylic acids is 2. The Kier molecular flexibility index (Phi) is 4.52. The van der Waals surface area contributed by atoms with E-state index in [-0.39, 0.29) is 11.8 Å². The summed E-state index contributed by atoms with van der Waals surface area (Å²) in [6, 6.07) is -2.38. The van der Waals surface area contributed by atoms with E-state index in [0.29, 0.717) is 0 Å². The Balaban J connectivity index is 2.53. The first-order chi connectivity index (χ1) is 8.32. The Labute approximate surface area is 105 Å². The third kappa shape index (κ3) is 3.90. The summed E-state index contributed by atoms with van der Waals surface area (Å²) >= 11 is 0. The number of urea groups is 1. The molecule has 1 saturated carbocycles. The lowest BCUT2D eigenvalue weighted by Crippen LogP contribution is -2.54. The molecule has 1 aliphatic rings. The van der Waals surface area contributed by atoms with Crippen molar-refractivity contribution in [1.29, 1.82) is 0 Å². The van der Waals surface area contributed by atoms with Crippen molar-refractivity contribution >= 4 is 17.9 Å². The zero-order valence-electron chi connectivity index (χ0n) is 10.5. The van der Waals surface area contributed by atoms with Crippen molar-refractivity contribution in [1.82, 2.24) is 10.6 Å². The summed E-state index contributed by atoms with van der Waals surface area (Å²) in [4.78, 5) is 33.7. The van der Waals surface area contributed by atoms with Gasteiger partial charge in [-0.25, -0.2) is 9.59 Å². The van der Waals surface area contributed by atoms with Gasteiger partial charge in [0.2, 0.25) is 5.91 Å². The van der Waals surface area contributed by atoms with Gasteiger partial charge in [0, 0.05) is 0 Å². The van der Waals surface area contributed by atoms with Crippen molar-refractivity contribution < 1.29 is 19.5 Å². The minimum atomic E-state index is -1.06. The molecule has 7 nitrogen and oxygen atoms in total. The summed E-state index contributed by atoms with van der Waals surface area (Å²) in [6.07, 6.45) is 1.58. The van der Waals surface area contributed by atoms with Crippen molar-refractivity contribution in [2.45, 2.75) is 38.8 Å². The molecule has 1 rings (SSSR count). The molecule has 2 atom stereocenters. The molecule has 0 aromatic rings. The van der Waals surface area contributed by atoms with Gasteiger partial charge in [0.25, 0.3) is 0 Å². The number of hydrogen-bond donors (Lipinski definition) is 4. The summed E-state index contributed by atoms with van der Waals surface area (Å²) in [5, 5.41) is 13.7. The summed E-state index contributed by atoms with van der Waals surface area (Å²) in [5.41, 5.74) is 5.15. The standard InChI is InChI=1S/C11H19N3O4/c1-5(2)7(9(12)15)13-11(18)14-8(10(16)17)6-3-4-6/h5-8H,3-4H2,1-2H3,(H2,12,15)(H,16,17)(H2,13,14,18). The lowest BCUT2D eigenvalue weighted by Gasteiger charge is -2.21. The van der Waals surface area contributed by atoms with E-state index in [2.05, 4.69) is 10.6 Å². The Morgan fingerprint density at radius 3 is 2.11 bits per heavy atom. The molecular weight excluding hydrogens is 238 g/mol. The number of aliphatic carboxylic acids is 1. The van der Waals surface area contributed by atoms with Crippen molar-refractivity contribution in [3.8, 4) is 0 Å². The second-order valence-electron chi connectivity index (χ2n) is 4.90. The number of nitrogens with two attached hydrogens (primary N) is 1. The first-order valence-electron chi connectivity index (χ1n) is 5.92. The lowest BCUT2D eigenvalue weighted by atomic mass is 10.0. The van der Waals surface area contributed by atoms with E-state index in [1.807, 2.05) is 0 Å². The van der Waals surface area contributed by atoms with E-state index in [9.17, 15) is 14.4 Å². The Morgan fingerprint density at radius 2 is 1.78 bits per heavy atom. The minimum Gasteiger partial charge on any atom is -0.480 e. The quantitative estimate of drug-likeness (QED) is 0.520. The van der Waals surface area contributed by atoms with Crippen LogP contribution in [0.5, 0.6) is 0 Å². The minimum absolute atomic E-state index is 0.0145. The normalized spacial score (nSPS) is 17.9. The highest BCUT2D eigenvalue weighted by atomic mass is 16.4. The van der Waals surface area contributed by atoms with Gasteiger partial charge in [0.05, 0.1) is 0 Å². The second-order valence-corrected chi connectivity index (χ2v) is 4.90. The molecule has 0 aliphatic heterocycles. The zero-order valence-corrected chi connectivity index (χ0v) is 10.5. The highest BCUT2D eigenvalue weighted by Gasteiger charge is 2.37. The van der Waals surface area contributed by atoms with Gasteiger partial charge in [-0.05, 0) is 24.7 Å². The number of primary amides is 1. The van der Waals surface area contributed by atoms with Crippen LogP contribution in [0.2, 0.25) is 0 Å². The highest BCUT2D eigenvalue weighted by molar-refractivity contribution is 5.88. The average Bonchev–Trinajstić information content (AvgIpc) is 3.04. The van der Waals surface area contributed by atoms with E-state index in [0.717, 1.165) is 12.8 Å². The molecule has 18 heavy (non-hydrogen) atoms. The van der Waals surface area contributed by atoms with Crippen LogP contribution in [0.1, 0.15) is 26.7 Å². The molecule has 0 bridgehead atoms. The first kappa shape index (κ1) is 14.3. The van der Waals surface area contributed by atoms with Gasteiger partial charge in [-0.15, -0.1) is 0 Å². The number of carboxylic acid groups (broad SMARTS) is 1. The van der Waals surface area contributed by atoms with E-state index in [1.165, 1.54) is 0 Å². The number of carboxylic acids is 1. The molecule has 0 aromatic carbocycles. The smallest absolute Gasteiger partial charge is 0.326 e. The number of carbonyl (C=O) groups is 3. The van der Waals surface area contributed by atoms with Crippen LogP contribution in [-0.4, -0.2) is 35.1 Å². The van der Waals surface area contributed by atoms with Crippen molar-refractivity contribution in [3.05, 3.63) is 0 Å². The molecule has 102 valence electrons. The van der Waals surface area contributed by atoms with Gasteiger partial charge in [-0.3, -0.25) is 4.79 Å². The SMILES string of the molecule is CC(C)C(NC(=O)NC(C(=O)O)C1CC1)C(N)=O. The number of nitrogens with one attached hydrogen (secondary N) is 2. The maximum atomic E-state index is 11.6. The molecular formula is C11H19N3O4. The van der Waals surface area contributed by atoms with Crippen LogP contribution in [-0.2, 0) is 9.59 Å². The zero-order chi connectivity index (χ0) is 13.9. The maximum Gasteiger partial charge on any atom is 0.326 e. The molecule has 2 unspecified atom stereocenters. The second kappa shape index (κ2) is 5.70. The molecule has 0 radical (unpaired) electrons. The molecule has 5 N–H and O–H groups in total. The molecule has 0 spiro atoms. The first-order valence-corrected chi connectivity index (χ1v) is 5.92. The van der Waals surface area contributed by atoms with Crippen molar-refractivity contribution in [3.63, 3.8) is 0 Å². The molecule has 0 aromatic heterocycles. The molecule has 0 heterocycles. The van der Waals surface area contributed by atoms with Crippen LogP contribution in [0.15, 0.2) is 0 Å². The number of amides is 3. The summed E-state index contributed by atoms with van der Waals surface area (Å²) < 4.78 is 0. The maximum absolute atomic E-state index is 11.6. The van der Waals surface area contributed by atoms with Crippen LogP contribution in [0, 0.1) is 11.8 Å². The Bertz CT molecular complexity index is 328. The third-order valence-electron chi connectivity index (χ3n) is 2.91. The summed E-state index contributed by atoms with van der Waals surface area (Å²) in [7, 11) is 0. The van der Waals surface area contributed by atoms with E-state index in [4.69, 9.17) is 10.8 Å². The van der Waals surface area contributed by atoms with E-state index in [1.54, 1.807) is 13.8 Å². The largest absolute Gasteiger partial charge is 0.480 e. The molecule has 3 amide bonds. The Morgan fingerprint density at radius 1 is 1.22 bits per heavy atom. The van der Waals surface area contributed by atoms with Gasteiger partial charge in [0.15, 0.2) is 0 Å². The van der Waals surface area contributed by atoms with Crippen LogP contribution < -0.4 is 16.4 Å². The third-order valence-corrected chi connectivity index (χ3v) is 2.91. The monoisotopic (exact) mass is 257 g/mol. The van der Waals surface area contributed by atoms with Crippen LogP contribution in [0.4, 0.5) is 4.79 Å². The lowest BCUT2D eigenvalue weighted by molar-refractivity contribution is -0.139. The molecule has 1 fully saturated rings. The van der Waals surface area contributed by atoms with Gasteiger partial charge >= 0.3 is 12.0 Å². The van der Waals surface area contributed by atoms with E-state index < -0.39 is 30.0 Å². The van der Waals surface area contributed by atoms with Gasteiger partial charge in [-0.1, -0.05) is 13.8 Å². The molecule has 7 heteroatoms. The van der Waals surface area contributed by atoms with Crippen LogP contribution in [0.3, 0.4) is 0 Å². The van der Waals surface area contributed by atoms with Crippen LogP contribution >= 0.6 is 0 Å². The highest BCUT2D eigenvalue weighted by Crippen LogP contribution is 2.32. The molecule has 0 saturated heterocycles. The summed E-state index contributed by atoms with van der Waals surface area (Å²) in [6.45, 7) is 3.48. The fourth-order valence-electron chi connectivity index (χ4n) is 1.70. The predicted molar refractivity (Wildman–Crippen MR) is 63.6 cm³/mol. The van der Waals surface area contributed by atoms with Crippen LogP contribution in [0.25, 0.3) is 0 Å². The topological polar surface area (TPSA) is 122 Å². The Hall–Kier alpha value is -1.79. The fraction of sp³-hybridized carbons (Fsp3) is 0.727. The average molecular weight is 257 g/mol. The van der Waals surface area contributed by atoms with Crippen molar-refractivity contribution in [2.24, 2.45) is 17.6 Å². The number of hydrogen-bond acceptors (Lipinski definition) is 3. The van der Waals surface area contributed by atoms with Gasteiger partial charge in [0.1, 0.15) is 12.1 Å². The molecule has 1 aliphatic carbocycles. The summed E-state index contributed by atoms with van der Waals surface area (Å²) in [5.74, 6) is -1.87. The van der Waals surface area contributed by atoms with Gasteiger partial charge in [-0.2, -0.15) is 0 Å². The van der Waals surface area contributed by atoms with Gasteiger partial charge < -0.3 is 21.5 Å². The van der Waals surface area contributed by atoms with E-state index >= 15 is 0 Å². The predicted octanol–water partition coefficient (Wildman–Crippen LogP) is -0.341. The van der Waals surface area contributed by atoms with Crippen molar-refractivity contribution in [2.75, 3.05) is 0 Å². The fourth-order valence-corrected chi connectivity index (χ4v) is 1.70. The number of rotatable bonds is 6.